The van der Waals surface area contributed by atoms with Crippen molar-refractivity contribution in [3.63, 3.8) is 0 Å². The molecule has 0 spiro atoms. The van der Waals surface area contributed by atoms with Gasteiger partial charge in [0.25, 0.3) is 0 Å². The van der Waals surface area contributed by atoms with Gasteiger partial charge in [0.1, 0.15) is 6.54 Å². The van der Waals surface area contributed by atoms with Gasteiger partial charge in [-0.15, -0.1) is 0 Å². The highest BCUT2D eigenvalue weighted by atomic mass is 33.1. The maximum Gasteiger partial charge on any atom is 0.205 e. The van der Waals surface area contributed by atoms with Crippen LogP contribution in [0.15, 0.2) is 108 Å². The van der Waals surface area contributed by atoms with Gasteiger partial charge in [0.2, 0.25) is 5.69 Å². The van der Waals surface area contributed by atoms with E-state index in [1.807, 2.05) is 53.0 Å². The zero-order valence-electron chi connectivity index (χ0n) is 25.5. The number of rotatable bonds is 17. The van der Waals surface area contributed by atoms with Crippen molar-refractivity contribution in [2.45, 2.75) is 20.4 Å². The molecule has 0 amide bonds. The smallest absolute Gasteiger partial charge is 0.205 e. The molecule has 4 nitrogen and oxygen atoms in total. The fourth-order valence-corrected chi connectivity index (χ4v) is 6.42. The van der Waals surface area contributed by atoms with Crippen LogP contribution in [0.1, 0.15) is 30.7 Å². The lowest BCUT2D eigenvalue weighted by molar-refractivity contribution is -0.695. The lowest BCUT2D eigenvalue weighted by Crippen LogP contribution is -2.34. The van der Waals surface area contributed by atoms with Crippen molar-refractivity contribution in [1.29, 1.82) is 0 Å². The minimum atomic E-state index is 0.815. The number of aryl methyl sites for hydroxylation is 1. The summed E-state index contributed by atoms with van der Waals surface area (Å²) in [5.41, 5.74) is 6.20. The molecule has 0 saturated carbocycles. The number of aromatic nitrogens is 1. The summed E-state index contributed by atoms with van der Waals surface area (Å²) in [7, 11) is 8.28. The molecule has 2 aromatic carbocycles. The van der Waals surface area contributed by atoms with Crippen molar-refractivity contribution < 1.29 is 4.57 Å². The second kappa shape index (κ2) is 19.6. The fraction of sp³-hybridized carbons (Fsp3) is 0.278. The van der Waals surface area contributed by atoms with Crippen LogP contribution >= 0.6 is 21.6 Å². The third-order valence-corrected chi connectivity index (χ3v) is 9.01. The van der Waals surface area contributed by atoms with Gasteiger partial charge in [-0.1, -0.05) is 88.4 Å². The second-order valence-corrected chi connectivity index (χ2v) is 12.3. The van der Waals surface area contributed by atoms with Crippen LogP contribution in [0.4, 0.5) is 11.4 Å². The Morgan fingerprint density at radius 1 is 0.667 bits per heavy atom. The standard InChI is InChI=1S/C36H45N4S2/c1-5-37-26-16-9-7-8-10-18-32-19-11-13-22-35(32)38(3)28-30-41-42-31-29-39(4)36-23-14-12-20-33(36)24-25-34-21-15-17-27-40(34)6-2/h7-27H,5-6,28-31H2,1-4H3/q+1/b8-7+,16-9-,18-10+,37-26?. The van der Waals surface area contributed by atoms with Gasteiger partial charge >= 0.3 is 0 Å². The van der Waals surface area contributed by atoms with Crippen molar-refractivity contribution >= 4 is 57.4 Å². The van der Waals surface area contributed by atoms with E-state index in [2.05, 4.69) is 144 Å². The number of benzene rings is 2. The van der Waals surface area contributed by atoms with E-state index in [9.17, 15) is 0 Å². The first-order chi connectivity index (χ1) is 20.6. The number of nitrogens with zero attached hydrogens (tertiary/aromatic N) is 4. The largest absolute Gasteiger partial charge is 0.373 e. The van der Waals surface area contributed by atoms with Crippen LogP contribution in [-0.2, 0) is 6.54 Å². The Morgan fingerprint density at radius 3 is 1.88 bits per heavy atom. The van der Waals surface area contributed by atoms with Crippen LogP contribution in [0.5, 0.6) is 0 Å². The molecule has 0 radical (unpaired) electrons. The van der Waals surface area contributed by atoms with Gasteiger partial charge in [-0.3, -0.25) is 4.99 Å². The normalized spacial score (nSPS) is 12.1. The number of hydrogen-bond acceptors (Lipinski definition) is 5. The van der Waals surface area contributed by atoms with E-state index in [0.29, 0.717) is 0 Å². The lowest BCUT2D eigenvalue weighted by atomic mass is 10.1. The average Bonchev–Trinajstić information content (AvgIpc) is 3.03. The molecule has 0 aliphatic heterocycles. The zero-order chi connectivity index (χ0) is 29.8. The number of hydrogen-bond donors (Lipinski definition) is 0. The third kappa shape index (κ3) is 11.4. The molecule has 1 heterocycles. The number of aliphatic imine (C=N–C) groups is 1. The Balaban J connectivity index is 1.44. The molecular weight excluding hydrogens is 553 g/mol. The second-order valence-electron chi connectivity index (χ2n) is 9.63. The summed E-state index contributed by atoms with van der Waals surface area (Å²) in [6.45, 7) is 7.98. The fourth-order valence-electron chi connectivity index (χ4n) is 4.33. The monoisotopic (exact) mass is 597 g/mol. The molecule has 3 rings (SSSR count). The Labute approximate surface area is 261 Å². The highest BCUT2D eigenvalue weighted by Gasteiger charge is 2.08. The Morgan fingerprint density at radius 2 is 1.24 bits per heavy atom. The summed E-state index contributed by atoms with van der Waals surface area (Å²) in [5.74, 6) is 2.14. The summed E-state index contributed by atoms with van der Waals surface area (Å²) < 4.78 is 2.26. The maximum absolute atomic E-state index is 4.17. The molecule has 3 aromatic rings. The predicted molar refractivity (Wildman–Crippen MR) is 192 cm³/mol. The quantitative estimate of drug-likeness (QED) is 0.0513. The van der Waals surface area contributed by atoms with Crippen molar-refractivity contribution in [2.75, 3.05) is 55.0 Å². The molecule has 0 atom stereocenters. The Hall–Kier alpha value is -3.48. The van der Waals surface area contributed by atoms with E-state index in [0.717, 1.165) is 37.7 Å². The number of para-hydroxylation sites is 2. The Bertz CT molecular complexity index is 1360. The third-order valence-electron chi connectivity index (χ3n) is 6.64. The Kier molecular flexibility index (Phi) is 15.4. The first kappa shape index (κ1) is 33.0. The maximum atomic E-state index is 4.17. The van der Waals surface area contributed by atoms with Crippen LogP contribution in [0.3, 0.4) is 0 Å². The molecule has 0 aliphatic carbocycles. The molecule has 0 saturated heterocycles. The summed E-state index contributed by atoms with van der Waals surface area (Å²) in [6, 6.07) is 23.6. The van der Waals surface area contributed by atoms with Gasteiger partial charge in [-0.05, 0) is 55.3 Å². The van der Waals surface area contributed by atoms with E-state index < -0.39 is 0 Å². The molecule has 220 valence electrons. The van der Waals surface area contributed by atoms with Gasteiger partial charge in [-0.25, -0.2) is 0 Å². The van der Waals surface area contributed by atoms with Crippen LogP contribution < -0.4 is 14.4 Å². The van der Waals surface area contributed by atoms with Crippen molar-refractivity contribution in [2.24, 2.45) is 4.99 Å². The van der Waals surface area contributed by atoms with Crippen LogP contribution in [-0.4, -0.2) is 51.4 Å². The van der Waals surface area contributed by atoms with E-state index >= 15 is 0 Å². The SMILES string of the molecule is CCN=C\C=C/C=C/C=C/c1ccccc1N(C)CCSSCCN(C)c1ccccc1/C=C/c1cccc[n+]1CC. The molecule has 0 bridgehead atoms. The molecule has 0 unspecified atom stereocenters. The molecule has 42 heavy (non-hydrogen) atoms. The number of allylic oxidation sites excluding steroid dienone is 5. The van der Waals surface area contributed by atoms with Crippen molar-refractivity contribution in [3.8, 4) is 0 Å². The highest BCUT2D eigenvalue weighted by Crippen LogP contribution is 2.26. The van der Waals surface area contributed by atoms with E-state index in [1.165, 1.54) is 28.2 Å². The van der Waals surface area contributed by atoms with Gasteiger partial charge in [0.15, 0.2) is 6.20 Å². The predicted octanol–water partition coefficient (Wildman–Crippen LogP) is 8.33. The summed E-state index contributed by atoms with van der Waals surface area (Å²) in [6.07, 6.45) is 20.7. The van der Waals surface area contributed by atoms with Gasteiger partial charge in [-0.2, -0.15) is 4.57 Å². The van der Waals surface area contributed by atoms with Crippen molar-refractivity contribution in [1.82, 2.24) is 0 Å². The molecular formula is C36H45N4S2+. The zero-order valence-corrected chi connectivity index (χ0v) is 27.1. The van der Waals surface area contributed by atoms with Crippen LogP contribution in [0.2, 0.25) is 0 Å². The molecule has 0 aliphatic rings. The molecule has 1 aromatic heterocycles. The summed E-state index contributed by atoms with van der Waals surface area (Å²) >= 11 is 0. The topological polar surface area (TPSA) is 22.7 Å². The first-order valence-corrected chi connectivity index (χ1v) is 17.1. The first-order valence-electron chi connectivity index (χ1n) is 14.6. The van der Waals surface area contributed by atoms with E-state index in [4.69, 9.17) is 0 Å². The number of pyridine rings is 1. The average molecular weight is 598 g/mol. The summed E-state index contributed by atoms with van der Waals surface area (Å²) in [5, 5.41) is 0. The minimum Gasteiger partial charge on any atom is -0.373 e. The van der Waals surface area contributed by atoms with E-state index in [-0.39, 0.29) is 0 Å². The highest BCUT2D eigenvalue weighted by molar-refractivity contribution is 8.76. The minimum absolute atomic E-state index is 0.815. The molecule has 0 fully saturated rings. The van der Waals surface area contributed by atoms with Crippen LogP contribution in [0.25, 0.3) is 18.2 Å². The molecule has 6 heteroatoms. The van der Waals surface area contributed by atoms with Gasteiger partial charge < -0.3 is 9.80 Å². The van der Waals surface area contributed by atoms with Gasteiger partial charge in [0, 0.05) is 81.0 Å². The van der Waals surface area contributed by atoms with Crippen molar-refractivity contribution in [3.05, 3.63) is 120 Å². The van der Waals surface area contributed by atoms with Crippen LogP contribution in [0, 0.1) is 0 Å². The van der Waals surface area contributed by atoms with E-state index in [1.54, 1.807) is 0 Å². The molecule has 0 N–H and O–H groups in total. The van der Waals surface area contributed by atoms with Gasteiger partial charge in [0.05, 0.1) is 0 Å². The lowest BCUT2D eigenvalue weighted by Gasteiger charge is -2.22. The number of anilines is 2. The summed E-state index contributed by atoms with van der Waals surface area (Å²) in [4.78, 5) is 8.89.